The van der Waals surface area contributed by atoms with Crippen LogP contribution in [0.3, 0.4) is 0 Å². The number of benzene rings is 1. The molecule has 1 aromatic heterocycles. The molecule has 0 aliphatic heterocycles. The first kappa shape index (κ1) is 20.4. The molecular formula is C17H18ClNO5S2. The molecule has 0 fully saturated rings. The van der Waals surface area contributed by atoms with E-state index in [1.54, 1.807) is 11.3 Å². The molecule has 1 amide bonds. The van der Waals surface area contributed by atoms with Crippen LogP contribution in [-0.2, 0) is 25.8 Å². The maximum Gasteiger partial charge on any atom is 0.340 e. The van der Waals surface area contributed by atoms with Gasteiger partial charge in [0, 0.05) is 17.7 Å². The largest absolute Gasteiger partial charge is 0.449 e. The Kier molecular flexibility index (Phi) is 6.80. The van der Waals surface area contributed by atoms with E-state index in [-0.39, 0.29) is 15.5 Å². The quantitative estimate of drug-likeness (QED) is 0.702. The summed E-state index contributed by atoms with van der Waals surface area (Å²) in [5.74, 6) is -1.30. The Balaban J connectivity index is 1.96. The van der Waals surface area contributed by atoms with Crippen molar-refractivity contribution < 1.29 is 22.7 Å². The summed E-state index contributed by atoms with van der Waals surface area (Å²) in [6.07, 6.45) is 0.671. The fourth-order valence-electron chi connectivity index (χ4n) is 2.08. The highest BCUT2D eigenvalue weighted by Gasteiger charge is 2.22. The van der Waals surface area contributed by atoms with Gasteiger partial charge in [0.15, 0.2) is 15.9 Å². The number of ether oxygens (including phenoxy) is 1. The third-order valence-corrected chi connectivity index (χ3v) is 5.87. The monoisotopic (exact) mass is 415 g/mol. The second-order valence-electron chi connectivity index (χ2n) is 5.58. The molecule has 140 valence electrons. The van der Waals surface area contributed by atoms with Gasteiger partial charge in [0.1, 0.15) is 0 Å². The van der Waals surface area contributed by atoms with Gasteiger partial charge in [0.2, 0.25) is 0 Å². The summed E-state index contributed by atoms with van der Waals surface area (Å²) in [7, 11) is -3.50. The Morgan fingerprint density at radius 3 is 2.65 bits per heavy atom. The molecule has 0 spiro atoms. The van der Waals surface area contributed by atoms with Gasteiger partial charge in [0.05, 0.1) is 15.5 Å². The van der Waals surface area contributed by atoms with Crippen LogP contribution in [0.5, 0.6) is 0 Å². The number of hydrogen-bond acceptors (Lipinski definition) is 6. The number of hydrogen-bond donors (Lipinski definition) is 1. The third-order valence-electron chi connectivity index (χ3n) is 3.49. The molecule has 2 rings (SSSR count). The summed E-state index contributed by atoms with van der Waals surface area (Å²) < 4.78 is 28.3. The molecule has 26 heavy (non-hydrogen) atoms. The lowest BCUT2D eigenvalue weighted by Crippen LogP contribution is -2.36. The molecule has 1 aromatic carbocycles. The Bertz CT molecular complexity index is 894. The first-order valence-corrected chi connectivity index (χ1v) is 10.8. The number of sulfone groups is 1. The predicted octanol–water partition coefficient (Wildman–Crippen LogP) is 2.71. The average Bonchev–Trinajstić information content (AvgIpc) is 3.07. The zero-order valence-electron chi connectivity index (χ0n) is 14.2. The predicted molar refractivity (Wildman–Crippen MR) is 100 cm³/mol. The van der Waals surface area contributed by atoms with E-state index in [0.717, 1.165) is 17.2 Å². The van der Waals surface area contributed by atoms with Crippen LogP contribution in [0, 0.1) is 0 Å². The van der Waals surface area contributed by atoms with Crippen molar-refractivity contribution in [3.05, 3.63) is 51.2 Å². The molecule has 1 N–H and O–H groups in total. The van der Waals surface area contributed by atoms with Gasteiger partial charge in [-0.15, -0.1) is 11.3 Å². The molecular weight excluding hydrogens is 398 g/mol. The number of esters is 1. The minimum atomic E-state index is -3.50. The Hall–Kier alpha value is -1.90. The molecule has 9 heteroatoms. The minimum Gasteiger partial charge on any atom is -0.449 e. The molecule has 0 aliphatic rings. The van der Waals surface area contributed by atoms with Gasteiger partial charge >= 0.3 is 5.97 Å². The highest BCUT2D eigenvalue weighted by molar-refractivity contribution is 7.90. The van der Waals surface area contributed by atoms with E-state index in [4.69, 9.17) is 16.3 Å². The highest BCUT2D eigenvalue weighted by atomic mass is 35.5. The van der Waals surface area contributed by atoms with Crippen LogP contribution in [-0.4, -0.2) is 39.2 Å². The molecule has 1 heterocycles. The Morgan fingerprint density at radius 2 is 2.04 bits per heavy atom. The summed E-state index contributed by atoms with van der Waals surface area (Å²) in [6, 6.07) is 7.65. The van der Waals surface area contributed by atoms with Crippen molar-refractivity contribution in [1.82, 2.24) is 5.32 Å². The minimum absolute atomic E-state index is 0.0488. The fourth-order valence-corrected chi connectivity index (χ4v) is 3.63. The summed E-state index contributed by atoms with van der Waals surface area (Å²) in [5.41, 5.74) is -0.104. The molecule has 0 saturated carbocycles. The van der Waals surface area contributed by atoms with E-state index >= 15 is 0 Å². The van der Waals surface area contributed by atoms with Crippen LogP contribution < -0.4 is 5.32 Å². The SMILES string of the molecule is C[C@@H](OC(=O)c1cc(S(C)(=O)=O)ccc1Cl)C(=O)NCCc1cccs1. The maximum absolute atomic E-state index is 12.2. The van der Waals surface area contributed by atoms with E-state index < -0.39 is 27.8 Å². The zero-order valence-corrected chi connectivity index (χ0v) is 16.6. The van der Waals surface area contributed by atoms with Crippen molar-refractivity contribution in [2.24, 2.45) is 0 Å². The summed E-state index contributed by atoms with van der Waals surface area (Å²) in [5, 5.41) is 4.69. The number of carbonyl (C=O) groups excluding carboxylic acids is 2. The molecule has 0 bridgehead atoms. The van der Waals surface area contributed by atoms with Gasteiger partial charge in [-0.25, -0.2) is 13.2 Å². The highest BCUT2D eigenvalue weighted by Crippen LogP contribution is 2.22. The van der Waals surface area contributed by atoms with Crippen molar-refractivity contribution in [3.63, 3.8) is 0 Å². The van der Waals surface area contributed by atoms with Crippen molar-refractivity contribution in [3.8, 4) is 0 Å². The van der Waals surface area contributed by atoms with Gasteiger partial charge in [-0.1, -0.05) is 17.7 Å². The van der Waals surface area contributed by atoms with Crippen molar-refractivity contribution in [2.45, 2.75) is 24.3 Å². The number of nitrogens with one attached hydrogen (secondary N) is 1. The second kappa shape index (κ2) is 8.66. The lowest BCUT2D eigenvalue weighted by atomic mass is 10.2. The van der Waals surface area contributed by atoms with E-state index in [2.05, 4.69) is 5.32 Å². The molecule has 1 atom stereocenters. The van der Waals surface area contributed by atoms with Gasteiger partial charge < -0.3 is 10.1 Å². The Labute approximate surface area is 161 Å². The van der Waals surface area contributed by atoms with E-state index in [1.165, 1.54) is 19.1 Å². The molecule has 0 saturated heterocycles. The van der Waals surface area contributed by atoms with Gasteiger partial charge in [-0.05, 0) is 43.0 Å². The second-order valence-corrected chi connectivity index (χ2v) is 9.04. The maximum atomic E-state index is 12.2. The number of rotatable bonds is 7. The van der Waals surface area contributed by atoms with E-state index in [0.29, 0.717) is 13.0 Å². The van der Waals surface area contributed by atoms with Crippen LogP contribution in [0.2, 0.25) is 5.02 Å². The first-order chi connectivity index (χ1) is 12.2. The van der Waals surface area contributed by atoms with Crippen molar-refractivity contribution in [2.75, 3.05) is 12.8 Å². The first-order valence-electron chi connectivity index (χ1n) is 7.69. The number of amides is 1. The molecule has 0 aliphatic carbocycles. The molecule has 0 unspecified atom stereocenters. The zero-order chi connectivity index (χ0) is 19.3. The van der Waals surface area contributed by atoms with Gasteiger partial charge in [-0.2, -0.15) is 0 Å². The van der Waals surface area contributed by atoms with Gasteiger partial charge in [-0.3, -0.25) is 4.79 Å². The summed E-state index contributed by atoms with van der Waals surface area (Å²) >= 11 is 7.55. The number of carbonyl (C=O) groups is 2. The van der Waals surface area contributed by atoms with Crippen molar-refractivity contribution >= 4 is 44.7 Å². The van der Waals surface area contributed by atoms with Crippen molar-refractivity contribution in [1.29, 1.82) is 0 Å². The lowest BCUT2D eigenvalue weighted by Gasteiger charge is -2.14. The summed E-state index contributed by atoms with van der Waals surface area (Å²) in [4.78, 5) is 25.4. The fraction of sp³-hybridized carbons (Fsp3) is 0.294. The lowest BCUT2D eigenvalue weighted by molar-refractivity contribution is -0.129. The number of thiophene rings is 1. The third kappa shape index (κ3) is 5.55. The summed E-state index contributed by atoms with van der Waals surface area (Å²) in [6.45, 7) is 1.86. The Morgan fingerprint density at radius 1 is 1.31 bits per heavy atom. The van der Waals surface area contributed by atoms with Crippen LogP contribution in [0.1, 0.15) is 22.2 Å². The topological polar surface area (TPSA) is 89.5 Å². The van der Waals surface area contributed by atoms with Crippen LogP contribution in [0.15, 0.2) is 40.6 Å². The average molecular weight is 416 g/mol. The molecule has 2 aromatic rings. The van der Waals surface area contributed by atoms with Crippen LogP contribution >= 0.6 is 22.9 Å². The molecule has 0 radical (unpaired) electrons. The number of halogens is 1. The smallest absolute Gasteiger partial charge is 0.340 e. The standard InChI is InChI=1S/C17H18ClNO5S2/c1-11(16(20)19-8-7-12-4-3-9-25-12)24-17(21)14-10-13(26(2,22)23)5-6-15(14)18/h3-6,9-11H,7-8H2,1-2H3,(H,19,20)/t11-/m1/s1. The van der Waals surface area contributed by atoms with E-state index in [9.17, 15) is 18.0 Å². The normalized spacial score (nSPS) is 12.4. The van der Waals surface area contributed by atoms with Crippen LogP contribution in [0.4, 0.5) is 0 Å². The van der Waals surface area contributed by atoms with E-state index in [1.807, 2.05) is 17.5 Å². The van der Waals surface area contributed by atoms with Crippen LogP contribution in [0.25, 0.3) is 0 Å². The van der Waals surface area contributed by atoms with Gasteiger partial charge in [0.25, 0.3) is 5.91 Å². The molecule has 6 nitrogen and oxygen atoms in total.